The fourth-order valence-electron chi connectivity index (χ4n) is 3.27. The van der Waals surface area contributed by atoms with Gasteiger partial charge in [0.25, 0.3) is 5.91 Å². The van der Waals surface area contributed by atoms with Gasteiger partial charge in [0.1, 0.15) is 6.04 Å². The summed E-state index contributed by atoms with van der Waals surface area (Å²) in [6.45, 7) is 4.94. The zero-order valence-electron chi connectivity index (χ0n) is 14.6. The lowest BCUT2D eigenvalue weighted by Crippen LogP contribution is -2.50. The van der Waals surface area contributed by atoms with Gasteiger partial charge < -0.3 is 10.2 Å². The fraction of sp³-hybridized carbons (Fsp3) is 0.350. The summed E-state index contributed by atoms with van der Waals surface area (Å²) in [6.07, 6.45) is 2.42. The van der Waals surface area contributed by atoms with E-state index in [1.54, 1.807) is 11.1 Å². The van der Waals surface area contributed by atoms with Crippen molar-refractivity contribution in [1.82, 2.24) is 15.2 Å². The number of amides is 2. The number of benzene rings is 1. The smallest absolute Gasteiger partial charge is 0.255 e. The van der Waals surface area contributed by atoms with Gasteiger partial charge in [0, 0.05) is 37.0 Å². The third-order valence-electron chi connectivity index (χ3n) is 4.49. The van der Waals surface area contributed by atoms with Crippen molar-refractivity contribution in [3.63, 3.8) is 0 Å². The quantitative estimate of drug-likeness (QED) is 0.880. The number of rotatable bonds is 6. The van der Waals surface area contributed by atoms with E-state index >= 15 is 0 Å². The minimum Gasteiger partial charge on any atom is -0.354 e. The number of aromatic nitrogens is 1. The van der Waals surface area contributed by atoms with Gasteiger partial charge in [-0.25, -0.2) is 0 Å². The minimum atomic E-state index is -0.469. The second kappa shape index (κ2) is 7.47. The van der Waals surface area contributed by atoms with Crippen molar-refractivity contribution in [2.75, 3.05) is 6.54 Å². The Morgan fingerprint density at radius 2 is 1.96 bits per heavy atom. The molecule has 130 valence electrons. The molecule has 1 aliphatic rings. The molecule has 1 aromatic carbocycles. The van der Waals surface area contributed by atoms with Crippen LogP contribution < -0.4 is 5.32 Å². The van der Waals surface area contributed by atoms with E-state index in [1.165, 1.54) is 0 Å². The maximum absolute atomic E-state index is 12.7. The molecule has 0 saturated carbocycles. The summed E-state index contributed by atoms with van der Waals surface area (Å²) < 4.78 is 0. The van der Waals surface area contributed by atoms with E-state index in [0.717, 1.165) is 11.3 Å². The maximum atomic E-state index is 12.7. The van der Waals surface area contributed by atoms with Crippen LogP contribution in [-0.4, -0.2) is 34.3 Å². The van der Waals surface area contributed by atoms with Gasteiger partial charge >= 0.3 is 0 Å². The van der Waals surface area contributed by atoms with E-state index in [9.17, 15) is 9.59 Å². The minimum absolute atomic E-state index is 0.0353. The van der Waals surface area contributed by atoms with Crippen LogP contribution >= 0.6 is 0 Å². The second-order valence-electron chi connectivity index (χ2n) is 6.64. The van der Waals surface area contributed by atoms with Gasteiger partial charge in [0.15, 0.2) is 0 Å². The van der Waals surface area contributed by atoms with Crippen LogP contribution in [0.25, 0.3) is 0 Å². The number of carbonyl (C=O) groups is 2. The third-order valence-corrected chi connectivity index (χ3v) is 4.49. The van der Waals surface area contributed by atoms with Crippen molar-refractivity contribution in [2.24, 2.45) is 5.92 Å². The molecule has 0 fully saturated rings. The van der Waals surface area contributed by atoms with Gasteiger partial charge in [-0.3, -0.25) is 14.6 Å². The predicted molar refractivity (Wildman–Crippen MR) is 95.9 cm³/mol. The highest BCUT2D eigenvalue weighted by molar-refractivity contribution is 6.01. The summed E-state index contributed by atoms with van der Waals surface area (Å²) in [6, 6.07) is 12.8. The van der Waals surface area contributed by atoms with Gasteiger partial charge in [0.05, 0.1) is 0 Å². The van der Waals surface area contributed by atoms with Crippen LogP contribution in [0.5, 0.6) is 0 Å². The standard InChI is InChI=1S/C20H23N3O2/c1-14(2)18(19(24)22-12-10-16-8-5-6-11-21-16)23-13-15-7-3-4-9-17(15)20(23)25/h3-9,11,14,18H,10,12-13H2,1-2H3,(H,22,24). The molecule has 0 aliphatic carbocycles. The summed E-state index contributed by atoms with van der Waals surface area (Å²) in [5.74, 6) is -0.130. The van der Waals surface area contributed by atoms with Crippen LogP contribution in [0.15, 0.2) is 48.7 Å². The molecule has 1 unspecified atom stereocenters. The fourth-order valence-corrected chi connectivity index (χ4v) is 3.27. The first kappa shape index (κ1) is 17.1. The number of hydrogen-bond acceptors (Lipinski definition) is 3. The Hall–Kier alpha value is -2.69. The number of hydrogen-bond donors (Lipinski definition) is 1. The SMILES string of the molecule is CC(C)C(C(=O)NCCc1ccccn1)N1Cc2ccccc2C1=O. The Morgan fingerprint density at radius 3 is 2.64 bits per heavy atom. The van der Waals surface area contributed by atoms with E-state index in [2.05, 4.69) is 10.3 Å². The Kier molecular flexibility index (Phi) is 5.12. The molecule has 0 spiro atoms. The predicted octanol–water partition coefficient (Wildman–Crippen LogP) is 2.42. The monoisotopic (exact) mass is 337 g/mol. The molecular formula is C20H23N3O2. The van der Waals surface area contributed by atoms with Gasteiger partial charge in [0.2, 0.25) is 5.91 Å². The van der Waals surface area contributed by atoms with Crippen molar-refractivity contribution in [2.45, 2.75) is 32.9 Å². The highest BCUT2D eigenvalue weighted by Gasteiger charge is 2.37. The van der Waals surface area contributed by atoms with Crippen LogP contribution in [-0.2, 0) is 17.8 Å². The highest BCUT2D eigenvalue weighted by atomic mass is 16.2. The summed E-state index contributed by atoms with van der Waals surface area (Å²) in [5, 5.41) is 2.96. The van der Waals surface area contributed by atoms with Crippen LogP contribution in [0, 0.1) is 5.92 Å². The topological polar surface area (TPSA) is 62.3 Å². The Labute approximate surface area is 148 Å². The first-order chi connectivity index (χ1) is 12.1. The number of nitrogens with zero attached hydrogens (tertiary/aromatic N) is 2. The summed E-state index contributed by atoms with van der Waals surface area (Å²) in [7, 11) is 0. The number of carbonyl (C=O) groups excluding carboxylic acids is 2. The molecule has 2 aromatic rings. The average Bonchev–Trinajstić information content (AvgIpc) is 2.93. The van der Waals surface area contributed by atoms with E-state index in [4.69, 9.17) is 0 Å². The Balaban J connectivity index is 1.65. The van der Waals surface area contributed by atoms with Crippen molar-refractivity contribution in [1.29, 1.82) is 0 Å². The van der Waals surface area contributed by atoms with Crippen molar-refractivity contribution >= 4 is 11.8 Å². The summed E-state index contributed by atoms with van der Waals surface area (Å²) in [5.41, 5.74) is 2.63. The lowest BCUT2D eigenvalue weighted by molar-refractivity contribution is -0.127. The van der Waals surface area contributed by atoms with Crippen LogP contribution in [0.1, 0.15) is 35.5 Å². The molecule has 5 heteroatoms. The molecule has 25 heavy (non-hydrogen) atoms. The van der Waals surface area contributed by atoms with Gasteiger partial charge in [-0.15, -0.1) is 0 Å². The van der Waals surface area contributed by atoms with Crippen LogP contribution in [0.3, 0.4) is 0 Å². The molecule has 0 radical (unpaired) electrons. The Bertz CT molecular complexity index is 759. The van der Waals surface area contributed by atoms with Crippen LogP contribution in [0.2, 0.25) is 0 Å². The molecule has 2 heterocycles. The summed E-state index contributed by atoms with van der Waals surface area (Å²) >= 11 is 0. The first-order valence-electron chi connectivity index (χ1n) is 8.64. The largest absolute Gasteiger partial charge is 0.354 e. The molecule has 2 amide bonds. The van der Waals surface area contributed by atoms with E-state index < -0.39 is 6.04 Å². The normalized spacial score (nSPS) is 14.5. The number of pyridine rings is 1. The van der Waals surface area contributed by atoms with E-state index in [1.807, 2.05) is 56.3 Å². The zero-order chi connectivity index (χ0) is 17.8. The molecular weight excluding hydrogens is 314 g/mol. The lowest BCUT2D eigenvalue weighted by atomic mass is 10.0. The molecule has 0 saturated heterocycles. The van der Waals surface area contributed by atoms with E-state index in [-0.39, 0.29) is 17.7 Å². The first-order valence-corrected chi connectivity index (χ1v) is 8.64. The molecule has 5 nitrogen and oxygen atoms in total. The Morgan fingerprint density at radius 1 is 1.20 bits per heavy atom. The van der Waals surface area contributed by atoms with Gasteiger partial charge in [-0.2, -0.15) is 0 Å². The highest BCUT2D eigenvalue weighted by Crippen LogP contribution is 2.27. The van der Waals surface area contributed by atoms with Crippen LogP contribution in [0.4, 0.5) is 0 Å². The molecule has 0 bridgehead atoms. The van der Waals surface area contributed by atoms with Gasteiger partial charge in [-0.1, -0.05) is 38.1 Å². The molecule has 1 aliphatic heterocycles. The maximum Gasteiger partial charge on any atom is 0.255 e. The number of fused-ring (bicyclic) bond motifs is 1. The molecule has 3 rings (SSSR count). The molecule has 1 atom stereocenters. The van der Waals surface area contributed by atoms with Crippen molar-refractivity contribution in [3.05, 3.63) is 65.5 Å². The second-order valence-corrected chi connectivity index (χ2v) is 6.64. The average molecular weight is 337 g/mol. The van der Waals surface area contributed by atoms with Crippen molar-refractivity contribution < 1.29 is 9.59 Å². The third kappa shape index (κ3) is 3.71. The number of nitrogens with one attached hydrogen (secondary N) is 1. The molecule has 1 aromatic heterocycles. The van der Waals surface area contributed by atoms with E-state index in [0.29, 0.717) is 25.1 Å². The summed E-state index contributed by atoms with van der Waals surface area (Å²) in [4.78, 5) is 31.4. The van der Waals surface area contributed by atoms with Crippen molar-refractivity contribution in [3.8, 4) is 0 Å². The molecule has 1 N–H and O–H groups in total. The zero-order valence-corrected chi connectivity index (χ0v) is 14.6. The van der Waals surface area contributed by atoms with Gasteiger partial charge in [-0.05, 0) is 29.7 Å². The lowest BCUT2D eigenvalue weighted by Gasteiger charge is -2.29.